The van der Waals surface area contributed by atoms with Gasteiger partial charge < -0.3 is 20.4 Å². The van der Waals surface area contributed by atoms with Gasteiger partial charge in [-0.25, -0.2) is 14.2 Å². The Morgan fingerprint density at radius 1 is 1.06 bits per heavy atom. The maximum Gasteiger partial charge on any atom is 0.417 e. The summed E-state index contributed by atoms with van der Waals surface area (Å²) in [6.07, 6.45) is 4.76. The van der Waals surface area contributed by atoms with Crippen LogP contribution in [0.5, 0.6) is 0 Å². The largest absolute Gasteiger partial charge is 0.417 e. The first-order chi connectivity index (χ1) is 15.0. The second-order valence-corrected chi connectivity index (χ2v) is 6.78. The van der Waals surface area contributed by atoms with Crippen LogP contribution in [0.25, 0.3) is 17.2 Å². The van der Waals surface area contributed by atoms with E-state index in [2.05, 4.69) is 30.9 Å². The molecule has 0 spiro atoms. The van der Waals surface area contributed by atoms with Crippen molar-refractivity contribution in [1.29, 1.82) is 0 Å². The first kappa shape index (κ1) is 18.6. The van der Waals surface area contributed by atoms with Crippen LogP contribution >= 0.6 is 0 Å². The Hall–Kier alpha value is -4.47. The Kier molecular flexibility index (Phi) is 4.43. The molecule has 0 unspecified atom stereocenters. The van der Waals surface area contributed by atoms with Gasteiger partial charge in [0.2, 0.25) is 5.95 Å². The number of hydrogen-bond donors (Lipinski definition) is 4. The minimum Gasteiger partial charge on any atom is -0.408 e. The highest BCUT2D eigenvalue weighted by atomic mass is 19.1. The lowest BCUT2D eigenvalue weighted by Gasteiger charge is -2.11. The zero-order valence-electron chi connectivity index (χ0n) is 15.9. The SMILES string of the molecule is O=C1NCC=Cc2cc(Nc3ncc(F)c(Nc4ccc5oc(=O)[nH]c5c4)n3)ccc21. The van der Waals surface area contributed by atoms with E-state index in [-0.39, 0.29) is 17.7 Å². The van der Waals surface area contributed by atoms with Crippen LogP contribution in [0.1, 0.15) is 15.9 Å². The highest BCUT2D eigenvalue weighted by Gasteiger charge is 2.13. The van der Waals surface area contributed by atoms with Crippen LogP contribution in [-0.2, 0) is 0 Å². The van der Waals surface area contributed by atoms with Crippen molar-refractivity contribution in [1.82, 2.24) is 20.3 Å². The Labute approximate surface area is 174 Å². The number of aromatic amines is 1. The van der Waals surface area contributed by atoms with Crippen LogP contribution in [0.4, 0.5) is 27.5 Å². The third-order valence-electron chi connectivity index (χ3n) is 4.66. The predicted molar refractivity (Wildman–Crippen MR) is 113 cm³/mol. The van der Waals surface area contributed by atoms with Gasteiger partial charge in [-0.1, -0.05) is 12.2 Å². The van der Waals surface area contributed by atoms with Gasteiger partial charge in [-0.05, 0) is 42.0 Å². The molecule has 154 valence electrons. The first-order valence-corrected chi connectivity index (χ1v) is 9.33. The fraction of sp³-hybridized carbons (Fsp3) is 0.0476. The number of aromatic nitrogens is 3. The molecule has 0 atom stereocenters. The molecule has 9 nitrogen and oxygen atoms in total. The fourth-order valence-corrected chi connectivity index (χ4v) is 3.23. The maximum absolute atomic E-state index is 14.3. The number of amides is 1. The predicted octanol–water partition coefficient (Wildman–Crippen LogP) is 3.29. The average Bonchev–Trinajstić information content (AvgIpc) is 3.02. The molecule has 0 fully saturated rings. The molecule has 0 saturated carbocycles. The van der Waals surface area contributed by atoms with Crippen molar-refractivity contribution >= 4 is 46.2 Å². The highest BCUT2D eigenvalue weighted by Crippen LogP contribution is 2.24. The van der Waals surface area contributed by atoms with Gasteiger partial charge in [-0.15, -0.1) is 0 Å². The van der Waals surface area contributed by atoms with E-state index in [4.69, 9.17) is 4.42 Å². The topological polar surface area (TPSA) is 125 Å². The summed E-state index contributed by atoms with van der Waals surface area (Å²) in [7, 11) is 0. The molecule has 3 heterocycles. The molecular weight excluding hydrogens is 403 g/mol. The van der Waals surface area contributed by atoms with Crippen LogP contribution in [0, 0.1) is 5.82 Å². The molecule has 4 N–H and O–H groups in total. The van der Waals surface area contributed by atoms with E-state index in [9.17, 15) is 14.0 Å². The van der Waals surface area contributed by atoms with Crippen molar-refractivity contribution in [3.8, 4) is 0 Å². The van der Waals surface area contributed by atoms with Crippen molar-refractivity contribution in [2.45, 2.75) is 0 Å². The number of oxazole rings is 1. The molecular formula is C21H15FN6O3. The molecule has 1 amide bonds. The third-order valence-corrected chi connectivity index (χ3v) is 4.66. The van der Waals surface area contributed by atoms with E-state index in [1.807, 2.05) is 12.2 Å². The van der Waals surface area contributed by atoms with Crippen LogP contribution in [0.15, 0.2) is 57.9 Å². The molecule has 31 heavy (non-hydrogen) atoms. The van der Waals surface area contributed by atoms with Crippen LogP contribution in [0.2, 0.25) is 0 Å². The van der Waals surface area contributed by atoms with Gasteiger partial charge in [0.05, 0.1) is 11.7 Å². The summed E-state index contributed by atoms with van der Waals surface area (Å²) in [4.78, 5) is 34.1. The van der Waals surface area contributed by atoms with E-state index in [1.165, 1.54) is 0 Å². The molecule has 2 aromatic heterocycles. The van der Waals surface area contributed by atoms with Gasteiger partial charge in [0.1, 0.15) is 0 Å². The first-order valence-electron chi connectivity index (χ1n) is 9.33. The minimum atomic E-state index is -0.645. The summed E-state index contributed by atoms with van der Waals surface area (Å²) in [6, 6.07) is 10.1. The lowest BCUT2D eigenvalue weighted by molar-refractivity contribution is 0.0958. The number of benzene rings is 2. The van der Waals surface area contributed by atoms with Crippen LogP contribution in [0.3, 0.4) is 0 Å². The summed E-state index contributed by atoms with van der Waals surface area (Å²) in [6.45, 7) is 0.463. The molecule has 0 saturated heterocycles. The number of fused-ring (bicyclic) bond motifs is 2. The average molecular weight is 418 g/mol. The Morgan fingerprint density at radius 2 is 1.90 bits per heavy atom. The lowest BCUT2D eigenvalue weighted by atomic mass is 10.1. The molecule has 0 radical (unpaired) electrons. The van der Waals surface area contributed by atoms with E-state index in [0.29, 0.717) is 34.6 Å². The minimum absolute atomic E-state index is 0.0447. The van der Waals surface area contributed by atoms with Crippen molar-refractivity contribution < 1.29 is 13.6 Å². The Bertz CT molecular complexity index is 1410. The molecule has 0 aliphatic carbocycles. The summed E-state index contributed by atoms with van der Waals surface area (Å²) >= 11 is 0. The zero-order valence-corrected chi connectivity index (χ0v) is 15.9. The van der Waals surface area contributed by atoms with Crippen molar-refractivity contribution in [2.24, 2.45) is 0 Å². The maximum atomic E-state index is 14.3. The van der Waals surface area contributed by atoms with Crippen LogP contribution in [-0.4, -0.2) is 27.4 Å². The second-order valence-electron chi connectivity index (χ2n) is 6.78. The molecule has 1 aliphatic rings. The van der Waals surface area contributed by atoms with Gasteiger partial charge >= 0.3 is 5.76 Å². The van der Waals surface area contributed by atoms with Crippen LogP contribution < -0.4 is 21.7 Å². The number of H-pyrrole nitrogens is 1. The molecule has 2 aromatic carbocycles. The summed E-state index contributed by atoms with van der Waals surface area (Å²) in [5.74, 6) is -1.24. The molecule has 0 bridgehead atoms. The van der Waals surface area contributed by atoms with E-state index < -0.39 is 11.6 Å². The Balaban J connectivity index is 1.41. The fourth-order valence-electron chi connectivity index (χ4n) is 3.23. The van der Waals surface area contributed by atoms with Gasteiger partial charge in [-0.2, -0.15) is 4.98 Å². The summed E-state index contributed by atoms with van der Waals surface area (Å²) < 4.78 is 19.2. The van der Waals surface area contributed by atoms with Crippen molar-refractivity contribution in [3.63, 3.8) is 0 Å². The summed E-state index contributed by atoms with van der Waals surface area (Å²) in [5, 5.41) is 8.66. The van der Waals surface area contributed by atoms with Gasteiger partial charge in [0.15, 0.2) is 17.2 Å². The normalized spacial score (nSPS) is 12.9. The standard InChI is InChI=1S/C21H15FN6O3/c22-15-10-24-20(26-12-3-5-14-11(8-12)2-1-7-23-19(14)29)28-18(15)25-13-4-6-17-16(9-13)27-21(30)31-17/h1-6,8-10H,7H2,(H,23,29)(H,27,30)(H2,24,25,26,28). The zero-order chi connectivity index (χ0) is 21.4. The third kappa shape index (κ3) is 3.73. The molecule has 4 aromatic rings. The molecule has 1 aliphatic heterocycles. The molecule has 5 rings (SSSR count). The number of halogens is 1. The number of hydrogen-bond acceptors (Lipinski definition) is 7. The Morgan fingerprint density at radius 3 is 2.81 bits per heavy atom. The van der Waals surface area contributed by atoms with Crippen molar-refractivity contribution in [3.05, 3.63) is 76.2 Å². The number of carbonyl (C=O) groups is 1. The number of rotatable bonds is 4. The van der Waals surface area contributed by atoms with E-state index in [1.54, 1.807) is 36.4 Å². The lowest BCUT2D eigenvalue weighted by Crippen LogP contribution is -2.22. The number of nitrogens with zero attached hydrogens (tertiary/aromatic N) is 2. The number of anilines is 4. The van der Waals surface area contributed by atoms with Gasteiger partial charge in [0, 0.05) is 23.5 Å². The monoisotopic (exact) mass is 418 g/mol. The van der Waals surface area contributed by atoms with Gasteiger partial charge in [0.25, 0.3) is 5.91 Å². The number of carbonyl (C=O) groups excluding carboxylic acids is 1. The second kappa shape index (κ2) is 7.41. The molecule has 10 heteroatoms. The van der Waals surface area contributed by atoms with Gasteiger partial charge in [-0.3, -0.25) is 9.78 Å². The quantitative estimate of drug-likeness (QED) is 0.401. The summed E-state index contributed by atoms with van der Waals surface area (Å²) in [5.41, 5.74) is 3.34. The van der Waals surface area contributed by atoms with Crippen molar-refractivity contribution in [2.75, 3.05) is 17.2 Å². The van der Waals surface area contributed by atoms with E-state index >= 15 is 0 Å². The number of nitrogens with one attached hydrogen (secondary N) is 4. The smallest absolute Gasteiger partial charge is 0.408 e. The highest BCUT2D eigenvalue weighted by molar-refractivity contribution is 5.99. The van der Waals surface area contributed by atoms with E-state index in [0.717, 1.165) is 11.8 Å².